The zero-order valence-corrected chi connectivity index (χ0v) is 15.3. The maximum absolute atomic E-state index is 5.27. The molecule has 4 rings (SSSR count). The quantitative estimate of drug-likeness (QED) is 0.655. The van der Waals surface area contributed by atoms with E-state index in [1.165, 1.54) is 0 Å². The highest BCUT2D eigenvalue weighted by molar-refractivity contribution is 5.78. The number of piperazine rings is 1. The fraction of sp³-hybridized carbons (Fsp3) is 0.368. The van der Waals surface area contributed by atoms with Gasteiger partial charge in [-0.3, -0.25) is 14.9 Å². The van der Waals surface area contributed by atoms with E-state index in [1.54, 1.807) is 38.2 Å². The molecule has 0 aromatic carbocycles. The summed E-state index contributed by atoms with van der Waals surface area (Å²) >= 11 is 0. The minimum Gasteiger partial charge on any atom is -0.472 e. The Labute approximate surface area is 157 Å². The average Bonchev–Trinajstić information content (AvgIpc) is 3.28. The first-order valence-electron chi connectivity index (χ1n) is 8.97. The average molecular weight is 366 g/mol. The van der Waals surface area contributed by atoms with Gasteiger partial charge in [0.25, 0.3) is 0 Å². The first-order chi connectivity index (χ1) is 13.3. The van der Waals surface area contributed by atoms with E-state index in [1.807, 2.05) is 12.3 Å². The Morgan fingerprint density at radius 2 is 2.00 bits per heavy atom. The molecule has 0 N–H and O–H groups in total. The number of nitrogens with zero attached hydrogens (tertiary/aromatic N) is 6. The van der Waals surface area contributed by atoms with Gasteiger partial charge in [-0.25, -0.2) is 9.97 Å². The predicted octanol–water partition coefficient (Wildman–Crippen LogP) is 1.96. The summed E-state index contributed by atoms with van der Waals surface area (Å²) in [4.78, 5) is 22.6. The molecule has 3 aromatic heterocycles. The van der Waals surface area contributed by atoms with Gasteiger partial charge in [0.15, 0.2) is 0 Å². The minimum absolute atomic E-state index is 0.727. The van der Waals surface area contributed by atoms with E-state index < -0.39 is 0 Å². The third kappa shape index (κ3) is 3.96. The van der Waals surface area contributed by atoms with Crippen molar-refractivity contribution in [3.05, 3.63) is 43.4 Å². The Balaban J connectivity index is 1.60. The van der Waals surface area contributed by atoms with Gasteiger partial charge in [0.2, 0.25) is 5.95 Å². The second-order valence-corrected chi connectivity index (χ2v) is 6.36. The molecule has 0 radical (unpaired) electrons. The monoisotopic (exact) mass is 366 g/mol. The van der Waals surface area contributed by atoms with Gasteiger partial charge in [-0.2, -0.15) is 0 Å². The highest BCUT2D eigenvalue weighted by atomic mass is 16.5. The first-order valence-corrected chi connectivity index (χ1v) is 8.97. The van der Waals surface area contributed by atoms with Gasteiger partial charge in [0.1, 0.15) is 0 Å². The van der Waals surface area contributed by atoms with Crippen LogP contribution in [0, 0.1) is 0 Å². The van der Waals surface area contributed by atoms with E-state index in [0.29, 0.717) is 0 Å². The van der Waals surface area contributed by atoms with Gasteiger partial charge in [0, 0.05) is 69.6 Å². The molecule has 8 nitrogen and oxygen atoms in total. The molecule has 1 fully saturated rings. The van der Waals surface area contributed by atoms with Crippen LogP contribution in [0.2, 0.25) is 0 Å². The van der Waals surface area contributed by atoms with Crippen molar-refractivity contribution >= 4 is 5.95 Å². The molecule has 0 unspecified atom stereocenters. The van der Waals surface area contributed by atoms with Crippen molar-refractivity contribution in [1.29, 1.82) is 0 Å². The molecule has 0 atom stereocenters. The SMILES string of the molecule is COCCN1CCN(c2ncc(-c3cnccn3)c(-c3ccoc3)n2)CC1. The van der Waals surface area contributed by atoms with E-state index in [9.17, 15) is 0 Å². The smallest absolute Gasteiger partial charge is 0.225 e. The molecular formula is C19H22N6O2. The van der Waals surface area contributed by atoms with Crippen molar-refractivity contribution in [3.8, 4) is 22.5 Å². The van der Waals surface area contributed by atoms with Crippen LogP contribution in [0.15, 0.2) is 47.8 Å². The van der Waals surface area contributed by atoms with Crippen LogP contribution in [0.1, 0.15) is 0 Å². The van der Waals surface area contributed by atoms with Crippen LogP contribution in [0.3, 0.4) is 0 Å². The van der Waals surface area contributed by atoms with Crippen LogP contribution in [0.4, 0.5) is 5.95 Å². The van der Waals surface area contributed by atoms with Crippen LogP contribution in [-0.2, 0) is 4.74 Å². The summed E-state index contributed by atoms with van der Waals surface area (Å²) in [6.07, 6.45) is 10.2. The Morgan fingerprint density at radius 3 is 2.70 bits per heavy atom. The number of aromatic nitrogens is 4. The van der Waals surface area contributed by atoms with Crippen molar-refractivity contribution < 1.29 is 9.15 Å². The Morgan fingerprint density at radius 1 is 1.11 bits per heavy atom. The van der Waals surface area contributed by atoms with E-state index >= 15 is 0 Å². The summed E-state index contributed by atoms with van der Waals surface area (Å²) in [5.74, 6) is 0.727. The zero-order valence-electron chi connectivity index (χ0n) is 15.3. The molecule has 1 aliphatic heterocycles. The molecule has 0 spiro atoms. The largest absolute Gasteiger partial charge is 0.472 e. The van der Waals surface area contributed by atoms with Crippen LogP contribution in [-0.4, -0.2) is 71.3 Å². The maximum atomic E-state index is 5.27. The molecule has 27 heavy (non-hydrogen) atoms. The van der Waals surface area contributed by atoms with Crippen molar-refractivity contribution in [2.24, 2.45) is 0 Å². The minimum atomic E-state index is 0.727. The highest BCUT2D eigenvalue weighted by Gasteiger charge is 2.21. The van der Waals surface area contributed by atoms with E-state index in [2.05, 4.69) is 24.8 Å². The summed E-state index contributed by atoms with van der Waals surface area (Å²) in [6.45, 7) is 5.43. The summed E-state index contributed by atoms with van der Waals surface area (Å²) in [5.41, 5.74) is 3.28. The third-order valence-electron chi connectivity index (χ3n) is 4.68. The van der Waals surface area contributed by atoms with Gasteiger partial charge >= 0.3 is 0 Å². The topological polar surface area (TPSA) is 80.4 Å². The molecule has 140 valence electrons. The summed E-state index contributed by atoms with van der Waals surface area (Å²) in [7, 11) is 1.74. The summed E-state index contributed by atoms with van der Waals surface area (Å²) in [6, 6.07) is 1.90. The van der Waals surface area contributed by atoms with E-state index in [0.717, 1.165) is 67.8 Å². The lowest BCUT2D eigenvalue weighted by Crippen LogP contribution is -2.47. The number of methoxy groups -OCH3 is 1. The van der Waals surface area contributed by atoms with E-state index in [-0.39, 0.29) is 0 Å². The lowest BCUT2D eigenvalue weighted by atomic mass is 10.1. The highest BCUT2D eigenvalue weighted by Crippen LogP contribution is 2.30. The van der Waals surface area contributed by atoms with Gasteiger partial charge in [-0.15, -0.1) is 0 Å². The van der Waals surface area contributed by atoms with Crippen LogP contribution in [0.25, 0.3) is 22.5 Å². The lowest BCUT2D eigenvalue weighted by Gasteiger charge is -2.34. The van der Waals surface area contributed by atoms with Gasteiger partial charge < -0.3 is 14.1 Å². The fourth-order valence-corrected chi connectivity index (χ4v) is 3.16. The molecule has 0 saturated carbocycles. The van der Waals surface area contributed by atoms with Gasteiger partial charge in [-0.05, 0) is 6.07 Å². The van der Waals surface area contributed by atoms with Crippen LogP contribution < -0.4 is 4.90 Å². The lowest BCUT2D eigenvalue weighted by molar-refractivity contribution is 0.143. The Hall–Kier alpha value is -2.84. The fourth-order valence-electron chi connectivity index (χ4n) is 3.16. The molecule has 4 heterocycles. The first kappa shape index (κ1) is 17.6. The summed E-state index contributed by atoms with van der Waals surface area (Å²) < 4.78 is 10.4. The van der Waals surface area contributed by atoms with Gasteiger partial charge in [-0.1, -0.05) is 0 Å². The zero-order chi connectivity index (χ0) is 18.5. The summed E-state index contributed by atoms with van der Waals surface area (Å²) in [5, 5.41) is 0. The molecule has 3 aromatic rings. The van der Waals surface area contributed by atoms with Gasteiger partial charge in [0.05, 0.1) is 36.7 Å². The van der Waals surface area contributed by atoms with Crippen LogP contribution >= 0.6 is 0 Å². The molecule has 0 bridgehead atoms. The maximum Gasteiger partial charge on any atom is 0.225 e. The number of hydrogen-bond donors (Lipinski definition) is 0. The molecular weight excluding hydrogens is 344 g/mol. The second kappa shape index (κ2) is 8.24. The van der Waals surface area contributed by atoms with Crippen molar-refractivity contribution in [2.75, 3.05) is 51.3 Å². The molecule has 1 aliphatic rings. The van der Waals surface area contributed by atoms with Crippen LogP contribution in [0.5, 0.6) is 0 Å². The number of anilines is 1. The molecule has 0 amide bonds. The van der Waals surface area contributed by atoms with E-state index in [4.69, 9.17) is 14.1 Å². The molecule has 0 aliphatic carbocycles. The standard InChI is InChI=1S/C19H22N6O2/c1-26-11-9-24-5-7-25(8-6-24)19-22-12-16(17-13-20-3-4-21-17)18(23-19)15-2-10-27-14-15/h2-4,10,12-14H,5-9,11H2,1H3. The number of hydrogen-bond acceptors (Lipinski definition) is 8. The second-order valence-electron chi connectivity index (χ2n) is 6.36. The Bertz CT molecular complexity index is 848. The van der Waals surface area contributed by atoms with Crippen molar-refractivity contribution in [1.82, 2.24) is 24.8 Å². The third-order valence-corrected chi connectivity index (χ3v) is 4.68. The predicted molar refractivity (Wildman–Crippen MR) is 101 cm³/mol. The normalized spacial score (nSPS) is 15.2. The molecule has 8 heteroatoms. The number of rotatable bonds is 6. The van der Waals surface area contributed by atoms with Crippen molar-refractivity contribution in [2.45, 2.75) is 0 Å². The number of ether oxygens (including phenoxy) is 1. The van der Waals surface area contributed by atoms with Crippen molar-refractivity contribution in [3.63, 3.8) is 0 Å². The Kier molecular flexibility index (Phi) is 5.36. The molecule has 1 saturated heterocycles. The number of furan rings is 1.